The lowest BCUT2D eigenvalue weighted by atomic mass is 10.1. The van der Waals surface area contributed by atoms with Crippen LogP contribution in [0.5, 0.6) is 0 Å². The number of alkyl halides is 9. The second-order valence-corrected chi connectivity index (χ2v) is 9.40. The fraction of sp³-hybridized carbons (Fsp3) is 0.304. The van der Waals surface area contributed by atoms with Crippen LogP contribution in [0.1, 0.15) is 39.6 Å². The lowest BCUT2D eigenvalue weighted by Crippen LogP contribution is -2.27. The van der Waals surface area contributed by atoms with Crippen molar-refractivity contribution >= 4 is 62.7 Å². The lowest BCUT2D eigenvalue weighted by molar-refractivity contribution is -0.193. The largest absolute Gasteiger partial charge is 0.490 e. The van der Waals surface area contributed by atoms with Gasteiger partial charge < -0.3 is 26.4 Å². The van der Waals surface area contributed by atoms with Gasteiger partial charge in [-0.3, -0.25) is 9.78 Å². The minimum Gasteiger partial charge on any atom is -0.475 e. The van der Waals surface area contributed by atoms with Gasteiger partial charge in [-0.25, -0.2) is 19.4 Å². The highest BCUT2D eigenvalue weighted by Gasteiger charge is 2.39. The predicted octanol–water partition coefficient (Wildman–Crippen LogP) is 5.93. The molecule has 1 atom stereocenters. The maximum atomic E-state index is 12.6. The quantitative estimate of drug-likeness (QED) is 0.204. The summed E-state index contributed by atoms with van der Waals surface area (Å²) in [4.78, 5) is 49.2. The Morgan fingerprint density at radius 3 is 1.67 bits per heavy atom. The molecule has 3 heterocycles. The van der Waals surface area contributed by atoms with Crippen LogP contribution in [0, 0.1) is 13.8 Å². The number of thiophene rings is 1. The number of fused-ring (bicyclic) bond motifs is 1. The number of nitrogen functional groups attached to an aromatic ring is 1. The Morgan fingerprint density at radius 2 is 1.31 bits per heavy atom. The van der Waals surface area contributed by atoms with Gasteiger partial charge in [0.15, 0.2) is 0 Å². The average molecular weight is 703 g/mol. The molecule has 22 heteroatoms. The van der Waals surface area contributed by atoms with Crippen molar-refractivity contribution in [2.45, 2.75) is 45.3 Å². The molecule has 11 nitrogen and oxygen atoms in total. The van der Waals surface area contributed by atoms with E-state index >= 15 is 0 Å². The van der Waals surface area contributed by atoms with E-state index in [1.165, 1.54) is 11.3 Å². The molecule has 3 rings (SSSR count). The number of aromatic nitrogens is 2. The first-order chi connectivity index (χ1) is 20.2. The highest BCUT2D eigenvalue weighted by atomic mass is 35.5. The Bertz CT molecular complexity index is 1460. The lowest BCUT2D eigenvalue weighted by Gasteiger charge is -2.12. The van der Waals surface area contributed by atoms with E-state index in [0.717, 1.165) is 27.2 Å². The first-order valence-corrected chi connectivity index (χ1v) is 12.4. The third kappa shape index (κ3) is 13.0. The summed E-state index contributed by atoms with van der Waals surface area (Å²) in [7, 11) is 0. The summed E-state index contributed by atoms with van der Waals surface area (Å²) in [5.74, 6) is -8.51. The summed E-state index contributed by atoms with van der Waals surface area (Å²) < 4.78 is 95.2. The molecule has 0 saturated carbocycles. The standard InChI is InChI=1S/C17H17ClN4OS.3C2HF3O2/c1-8-12-14(19)15(24-17(12)22-10(3)13(8)18)16(23)21-9(2)11-6-4-5-7-20-11;3*3-2(4,5)1(6)7/h4-7,9H,19H2,1-3H3,(H,21,23);3*(H,6,7). The van der Waals surface area contributed by atoms with Crippen molar-refractivity contribution in [3.8, 4) is 0 Å². The van der Waals surface area contributed by atoms with Gasteiger partial charge in [0.05, 0.1) is 28.1 Å². The molecule has 3 aromatic heterocycles. The van der Waals surface area contributed by atoms with Gasteiger partial charge in [-0.15, -0.1) is 11.3 Å². The van der Waals surface area contributed by atoms with Gasteiger partial charge in [-0.05, 0) is 38.5 Å². The number of carbonyl (C=O) groups is 4. The Labute approximate surface area is 254 Å². The van der Waals surface area contributed by atoms with Gasteiger partial charge in [0.25, 0.3) is 5.91 Å². The number of aryl methyl sites for hydroxylation is 2. The van der Waals surface area contributed by atoms with Gasteiger partial charge in [0.2, 0.25) is 0 Å². The Kier molecular flexibility index (Phi) is 14.5. The molecule has 6 N–H and O–H groups in total. The summed E-state index contributed by atoms with van der Waals surface area (Å²) in [6.45, 7) is 5.61. The molecule has 0 radical (unpaired) electrons. The molecule has 45 heavy (non-hydrogen) atoms. The van der Waals surface area contributed by atoms with Gasteiger partial charge in [-0.1, -0.05) is 17.7 Å². The first kappa shape index (κ1) is 40.6. The molecule has 0 fully saturated rings. The van der Waals surface area contributed by atoms with Crippen LogP contribution in [-0.2, 0) is 14.4 Å². The second kappa shape index (κ2) is 16.1. The summed E-state index contributed by atoms with van der Waals surface area (Å²) in [6.07, 6.45) is -13.6. The fourth-order valence-corrected chi connectivity index (χ4v) is 3.83. The number of aliphatic carboxylic acids is 3. The SMILES string of the molecule is Cc1nc2sc(C(=O)NC(C)c3ccccn3)c(N)c2c(C)c1Cl.O=C(O)C(F)(F)F.O=C(O)C(F)(F)F.O=C(O)C(F)(F)F. The molecule has 0 spiro atoms. The van der Waals surface area contributed by atoms with Crippen molar-refractivity contribution in [1.29, 1.82) is 0 Å². The second-order valence-electron chi connectivity index (χ2n) is 8.02. The van der Waals surface area contributed by atoms with Gasteiger partial charge >= 0.3 is 36.4 Å². The zero-order valence-electron chi connectivity index (χ0n) is 22.5. The summed E-state index contributed by atoms with van der Waals surface area (Å²) >= 11 is 7.54. The van der Waals surface area contributed by atoms with Gasteiger partial charge in [0.1, 0.15) is 9.71 Å². The van der Waals surface area contributed by atoms with Crippen molar-refractivity contribution in [1.82, 2.24) is 15.3 Å². The van der Waals surface area contributed by atoms with Crippen molar-refractivity contribution in [3.05, 3.63) is 51.2 Å². The van der Waals surface area contributed by atoms with E-state index < -0.39 is 36.4 Å². The first-order valence-electron chi connectivity index (χ1n) is 11.2. The van der Waals surface area contributed by atoms with Crippen LogP contribution in [0.3, 0.4) is 0 Å². The third-order valence-electron chi connectivity index (χ3n) is 4.63. The van der Waals surface area contributed by atoms with E-state index in [1.54, 1.807) is 6.20 Å². The van der Waals surface area contributed by atoms with Crippen molar-refractivity contribution in [2.24, 2.45) is 0 Å². The molecule has 3 aromatic rings. The van der Waals surface area contributed by atoms with Crippen molar-refractivity contribution in [3.63, 3.8) is 0 Å². The fourth-order valence-electron chi connectivity index (χ4n) is 2.59. The number of halogens is 10. The van der Waals surface area contributed by atoms with Crippen LogP contribution in [0.4, 0.5) is 45.2 Å². The molecule has 0 aliphatic rings. The highest BCUT2D eigenvalue weighted by Crippen LogP contribution is 2.38. The van der Waals surface area contributed by atoms with Crippen LogP contribution >= 0.6 is 22.9 Å². The Hall–Kier alpha value is -4.40. The van der Waals surface area contributed by atoms with E-state index in [-0.39, 0.29) is 11.9 Å². The van der Waals surface area contributed by atoms with Crippen LogP contribution in [0.2, 0.25) is 5.02 Å². The predicted molar refractivity (Wildman–Crippen MR) is 140 cm³/mol. The number of nitrogens with zero attached hydrogens (tertiary/aromatic N) is 2. The third-order valence-corrected chi connectivity index (χ3v) is 6.29. The number of nitrogens with one attached hydrogen (secondary N) is 1. The highest BCUT2D eigenvalue weighted by molar-refractivity contribution is 7.21. The number of rotatable bonds is 3. The number of pyridine rings is 2. The molecular weight excluding hydrogens is 683 g/mol. The normalized spacial score (nSPS) is 11.8. The average Bonchev–Trinajstić information content (AvgIpc) is 3.23. The topological polar surface area (TPSA) is 193 Å². The Balaban J connectivity index is 0.000000753. The van der Waals surface area contributed by atoms with Crippen molar-refractivity contribution < 1.29 is 74.0 Å². The van der Waals surface area contributed by atoms with E-state index in [9.17, 15) is 44.3 Å². The molecule has 0 saturated heterocycles. The van der Waals surface area contributed by atoms with Crippen LogP contribution in [0.25, 0.3) is 10.2 Å². The van der Waals surface area contributed by atoms with E-state index in [1.807, 2.05) is 39.0 Å². The molecule has 0 aliphatic carbocycles. The number of amides is 1. The minimum atomic E-state index is -5.08. The minimum absolute atomic E-state index is 0.220. The van der Waals surface area contributed by atoms with Crippen LogP contribution in [-0.4, -0.2) is 67.6 Å². The summed E-state index contributed by atoms with van der Waals surface area (Å²) in [6, 6.07) is 5.37. The maximum absolute atomic E-state index is 12.6. The number of hydrogen-bond acceptors (Lipinski definition) is 8. The number of nitrogens with two attached hydrogens (primary N) is 1. The van der Waals surface area contributed by atoms with Crippen LogP contribution in [0.15, 0.2) is 24.4 Å². The van der Waals surface area contributed by atoms with E-state index in [2.05, 4.69) is 15.3 Å². The molecule has 0 aliphatic heterocycles. The monoisotopic (exact) mass is 702 g/mol. The number of hydrogen-bond donors (Lipinski definition) is 5. The number of carboxylic acid groups (broad SMARTS) is 3. The van der Waals surface area contributed by atoms with E-state index in [0.29, 0.717) is 15.6 Å². The zero-order chi connectivity index (χ0) is 35.7. The molecule has 0 aromatic carbocycles. The van der Waals surface area contributed by atoms with Crippen molar-refractivity contribution in [2.75, 3.05) is 5.73 Å². The Morgan fingerprint density at radius 1 is 0.889 bits per heavy atom. The molecule has 1 unspecified atom stereocenters. The number of carbonyl (C=O) groups excluding carboxylic acids is 1. The molecule has 0 bridgehead atoms. The number of anilines is 1. The molecule has 250 valence electrons. The number of carboxylic acids is 3. The van der Waals surface area contributed by atoms with E-state index in [4.69, 9.17) is 47.0 Å². The summed E-state index contributed by atoms with van der Waals surface area (Å²) in [5, 5.41) is 25.6. The molecule has 1 amide bonds. The zero-order valence-corrected chi connectivity index (χ0v) is 24.1. The maximum Gasteiger partial charge on any atom is 0.490 e. The van der Waals surface area contributed by atoms with Gasteiger partial charge in [-0.2, -0.15) is 39.5 Å². The summed E-state index contributed by atoms with van der Waals surface area (Å²) in [5.41, 5.74) is 9.01. The smallest absolute Gasteiger partial charge is 0.475 e. The van der Waals surface area contributed by atoms with Crippen LogP contribution < -0.4 is 11.1 Å². The van der Waals surface area contributed by atoms with Gasteiger partial charge in [0, 0.05) is 11.6 Å². The molecular formula is C23H20ClF9N4O7S.